The molecule has 3 unspecified atom stereocenters. The van der Waals surface area contributed by atoms with E-state index in [1.165, 1.54) is 4.90 Å². The van der Waals surface area contributed by atoms with Gasteiger partial charge in [-0.3, -0.25) is 4.90 Å². The molecule has 0 amide bonds. The van der Waals surface area contributed by atoms with E-state index in [1.807, 2.05) is 24.3 Å². The number of H-pyrrole nitrogens is 1. The largest absolute Gasteiger partial charge is 0.459 e. The number of aromatic amines is 1. The summed E-state index contributed by atoms with van der Waals surface area (Å²) in [6.45, 7) is -0.0504. The van der Waals surface area contributed by atoms with Gasteiger partial charge in [-0.2, -0.15) is 18.2 Å². The Morgan fingerprint density at radius 1 is 1.16 bits per heavy atom. The van der Waals surface area contributed by atoms with E-state index in [0.29, 0.717) is 54.2 Å². The van der Waals surface area contributed by atoms with Crippen LogP contribution in [0.1, 0.15) is 30.7 Å². The number of halogens is 4. The molecule has 8 nitrogen and oxygen atoms in total. The number of nitrogens with one attached hydrogen (secondary N) is 1. The molecule has 0 radical (unpaired) electrons. The van der Waals surface area contributed by atoms with E-state index >= 15 is 0 Å². The third-order valence-electron chi connectivity index (χ3n) is 6.94. The van der Waals surface area contributed by atoms with Crippen LogP contribution in [0.2, 0.25) is 5.02 Å². The van der Waals surface area contributed by atoms with Crippen molar-refractivity contribution in [1.82, 2.24) is 19.9 Å². The molecule has 1 aromatic carbocycles. The number of hydrogen-bond donors (Lipinski definition) is 3. The Bertz CT molecular complexity index is 1220. The maximum atomic E-state index is 12.6. The highest BCUT2D eigenvalue weighted by molar-refractivity contribution is 6.33. The first-order valence-electron chi connectivity index (χ1n) is 12.2. The number of ether oxygens (including phenoxy) is 2. The lowest BCUT2D eigenvalue weighted by Gasteiger charge is -2.32. The van der Waals surface area contributed by atoms with Crippen LogP contribution in [0.4, 0.5) is 13.2 Å². The number of aromatic nitrogens is 3. The summed E-state index contributed by atoms with van der Waals surface area (Å²) in [4.78, 5) is 13.5. The maximum Gasteiger partial charge on any atom is 0.401 e. The lowest BCUT2D eigenvalue weighted by molar-refractivity contribution is -0.147. The van der Waals surface area contributed by atoms with E-state index in [0.717, 1.165) is 11.1 Å². The lowest BCUT2D eigenvalue weighted by atomic mass is 9.89. The minimum absolute atomic E-state index is 0.213. The van der Waals surface area contributed by atoms with Crippen molar-refractivity contribution in [3.05, 3.63) is 40.9 Å². The molecule has 2 aliphatic heterocycles. The van der Waals surface area contributed by atoms with Crippen molar-refractivity contribution < 1.29 is 32.9 Å². The van der Waals surface area contributed by atoms with Crippen LogP contribution >= 0.6 is 11.6 Å². The van der Waals surface area contributed by atoms with E-state index in [2.05, 4.69) is 15.0 Å². The molecule has 3 N–H and O–H groups in total. The monoisotopic (exact) mass is 540 g/mol. The second kappa shape index (κ2) is 10.7. The molecule has 0 bridgehead atoms. The molecule has 12 heteroatoms. The van der Waals surface area contributed by atoms with Crippen molar-refractivity contribution in [3.8, 4) is 17.3 Å². The number of pyridine rings is 1. The summed E-state index contributed by atoms with van der Waals surface area (Å²) < 4.78 is 49.2. The van der Waals surface area contributed by atoms with Crippen LogP contribution in [0, 0.1) is 0 Å². The number of imidazole rings is 1. The quantitative estimate of drug-likeness (QED) is 0.435. The number of aliphatic hydroxyl groups excluding tert-OH is 2. The third kappa shape index (κ3) is 6.18. The van der Waals surface area contributed by atoms with E-state index in [-0.39, 0.29) is 25.1 Å². The van der Waals surface area contributed by atoms with Crippen LogP contribution in [0.25, 0.3) is 22.4 Å². The van der Waals surface area contributed by atoms with Crippen molar-refractivity contribution in [2.24, 2.45) is 0 Å². The maximum absolute atomic E-state index is 12.6. The van der Waals surface area contributed by atoms with Crippen molar-refractivity contribution in [2.75, 3.05) is 32.8 Å². The number of hydrogen-bond acceptors (Lipinski definition) is 7. The number of piperidine rings is 1. The Kier molecular flexibility index (Phi) is 7.60. The second-order valence-electron chi connectivity index (χ2n) is 9.62. The van der Waals surface area contributed by atoms with Gasteiger partial charge in [0.2, 0.25) is 0 Å². The van der Waals surface area contributed by atoms with Gasteiger partial charge in [0.05, 0.1) is 42.1 Å². The summed E-state index contributed by atoms with van der Waals surface area (Å²) in [6, 6.07) is 9.74. The molecule has 37 heavy (non-hydrogen) atoms. The zero-order valence-electron chi connectivity index (χ0n) is 19.9. The third-order valence-corrected chi connectivity index (χ3v) is 7.23. The fraction of sp³-hybridized carbons (Fsp3) is 0.520. The minimum Gasteiger partial charge on any atom is -0.459 e. The number of alkyl halides is 3. The summed E-state index contributed by atoms with van der Waals surface area (Å²) in [6.07, 6.45) is -4.38. The number of rotatable bonds is 6. The first-order valence-corrected chi connectivity index (χ1v) is 12.6. The SMILES string of the molecule is OCC1OCC(Oc2nc3nc(-c4ccc(C5CCN(CC(F)(F)F)CC5)cc4)c(Cl)cc3[nH]2)CC1O. The van der Waals surface area contributed by atoms with Crippen LogP contribution in [-0.2, 0) is 4.74 Å². The van der Waals surface area contributed by atoms with Crippen LogP contribution < -0.4 is 4.74 Å². The molecule has 5 rings (SSSR count). The summed E-state index contributed by atoms with van der Waals surface area (Å²) in [5, 5.41) is 19.7. The lowest BCUT2D eigenvalue weighted by Crippen LogP contribution is -2.45. The van der Waals surface area contributed by atoms with Crippen molar-refractivity contribution in [1.29, 1.82) is 0 Å². The van der Waals surface area contributed by atoms with Gasteiger partial charge in [0.15, 0.2) is 5.65 Å². The van der Waals surface area contributed by atoms with Gasteiger partial charge in [0.25, 0.3) is 6.01 Å². The highest BCUT2D eigenvalue weighted by Gasteiger charge is 2.33. The Morgan fingerprint density at radius 3 is 2.54 bits per heavy atom. The van der Waals surface area contributed by atoms with Gasteiger partial charge in [-0.15, -0.1) is 0 Å². The van der Waals surface area contributed by atoms with Crippen LogP contribution in [0.5, 0.6) is 6.01 Å². The molecule has 200 valence electrons. The van der Waals surface area contributed by atoms with Gasteiger partial charge in [0.1, 0.15) is 12.2 Å². The van der Waals surface area contributed by atoms with Gasteiger partial charge >= 0.3 is 6.18 Å². The molecule has 2 aromatic heterocycles. The first-order chi connectivity index (χ1) is 17.7. The zero-order chi connectivity index (χ0) is 26.2. The average molecular weight is 541 g/mol. The normalized spacial score (nSPS) is 24.0. The number of aliphatic hydroxyl groups is 2. The predicted octanol–water partition coefficient (Wildman–Crippen LogP) is 3.91. The van der Waals surface area contributed by atoms with Crippen molar-refractivity contribution >= 4 is 22.8 Å². The zero-order valence-corrected chi connectivity index (χ0v) is 20.7. The summed E-state index contributed by atoms with van der Waals surface area (Å²) in [5.41, 5.74) is 3.45. The molecule has 3 aromatic rings. The highest BCUT2D eigenvalue weighted by Crippen LogP contribution is 2.33. The van der Waals surface area contributed by atoms with Gasteiger partial charge in [-0.1, -0.05) is 35.9 Å². The van der Waals surface area contributed by atoms with Gasteiger partial charge in [-0.25, -0.2) is 4.98 Å². The first kappa shape index (κ1) is 26.2. The summed E-state index contributed by atoms with van der Waals surface area (Å²) in [7, 11) is 0. The molecule has 2 fully saturated rings. The van der Waals surface area contributed by atoms with Crippen molar-refractivity contribution in [2.45, 2.75) is 49.7 Å². The van der Waals surface area contributed by atoms with Crippen LogP contribution in [0.15, 0.2) is 30.3 Å². The topological polar surface area (TPSA) is 104 Å². The van der Waals surface area contributed by atoms with Gasteiger partial charge in [0, 0.05) is 12.0 Å². The number of benzene rings is 1. The highest BCUT2D eigenvalue weighted by atomic mass is 35.5. The second-order valence-corrected chi connectivity index (χ2v) is 10.0. The van der Waals surface area contributed by atoms with Crippen LogP contribution in [-0.4, -0.2) is 87.4 Å². The average Bonchev–Trinajstić information content (AvgIpc) is 3.24. The van der Waals surface area contributed by atoms with Gasteiger partial charge < -0.3 is 24.7 Å². The fourth-order valence-electron chi connectivity index (χ4n) is 4.99. The molecular formula is C25H28ClF3N4O4. The summed E-state index contributed by atoms with van der Waals surface area (Å²) >= 11 is 6.52. The Morgan fingerprint density at radius 2 is 1.89 bits per heavy atom. The van der Waals surface area contributed by atoms with E-state index in [9.17, 15) is 23.4 Å². The van der Waals surface area contributed by atoms with E-state index in [1.54, 1.807) is 6.07 Å². The van der Waals surface area contributed by atoms with Gasteiger partial charge in [-0.05, 0) is 43.5 Å². The Hall–Kier alpha value is -2.44. The fourth-order valence-corrected chi connectivity index (χ4v) is 5.25. The molecule has 2 saturated heterocycles. The van der Waals surface area contributed by atoms with E-state index in [4.69, 9.17) is 21.1 Å². The Balaban J connectivity index is 1.25. The predicted molar refractivity (Wildman–Crippen MR) is 131 cm³/mol. The number of likely N-dealkylation sites (tertiary alicyclic amines) is 1. The molecule has 0 spiro atoms. The standard InChI is InChI=1S/C25H28ClF3N4O4/c26-18-10-19-23(32-24(30-19)37-17-9-20(35)21(11-34)36-12-17)31-22(18)16-3-1-14(2-4-16)15-5-7-33(8-6-15)13-25(27,28)29/h1-4,10,15,17,20-21,34-35H,5-9,11-13H2,(H,30,31,32). The number of fused-ring (bicyclic) bond motifs is 1. The molecule has 2 aliphatic rings. The number of nitrogens with zero attached hydrogens (tertiary/aromatic N) is 3. The summed E-state index contributed by atoms with van der Waals surface area (Å²) in [5.74, 6) is 0.213. The molecule has 4 heterocycles. The molecule has 0 saturated carbocycles. The molecular weight excluding hydrogens is 513 g/mol. The van der Waals surface area contributed by atoms with Crippen LogP contribution in [0.3, 0.4) is 0 Å². The minimum atomic E-state index is -4.17. The molecule has 0 aliphatic carbocycles. The van der Waals surface area contributed by atoms with E-state index < -0.39 is 31.0 Å². The molecule has 3 atom stereocenters. The van der Waals surface area contributed by atoms with Crippen molar-refractivity contribution in [3.63, 3.8) is 0 Å². The smallest absolute Gasteiger partial charge is 0.401 e. The Labute approximate surface area is 216 Å².